The van der Waals surface area contributed by atoms with Crippen LogP contribution in [0, 0.1) is 0 Å². The SMILES string of the molecule is O=c1c2cc(Cl)cc(Cl)c2ncn1Cc1nc(-c2cccc(Br)c2)no1. The quantitative estimate of drug-likeness (QED) is 0.456. The first-order valence-electron chi connectivity index (χ1n) is 7.44. The molecule has 0 amide bonds. The van der Waals surface area contributed by atoms with Crippen molar-refractivity contribution in [2.45, 2.75) is 6.54 Å². The fraction of sp³-hybridized carbons (Fsp3) is 0.0588. The fourth-order valence-corrected chi connectivity index (χ4v) is 3.46. The van der Waals surface area contributed by atoms with Gasteiger partial charge in [0.1, 0.15) is 6.54 Å². The zero-order chi connectivity index (χ0) is 18.3. The van der Waals surface area contributed by atoms with Gasteiger partial charge in [0.25, 0.3) is 5.56 Å². The van der Waals surface area contributed by atoms with E-state index in [1.807, 2.05) is 24.3 Å². The van der Waals surface area contributed by atoms with Gasteiger partial charge in [0.15, 0.2) is 0 Å². The zero-order valence-electron chi connectivity index (χ0n) is 13.0. The molecule has 2 aromatic carbocycles. The third-order valence-corrected chi connectivity index (χ3v) is 4.70. The number of nitrogens with zero attached hydrogens (tertiary/aromatic N) is 4. The molecule has 0 fully saturated rings. The lowest BCUT2D eigenvalue weighted by atomic mass is 10.2. The minimum Gasteiger partial charge on any atom is -0.337 e. The van der Waals surface area contributed by atoms with E-state index in [1.165, 1.54) is 17.0 Å². The van der Waals surface area contributed by atoms with Gasteiger partial charge in [0.2, 0.25) is 11.7 Å². The monoisotopic (exact) mass is 450 g/mol. The lowest BCUT2D eigenvalue weighted by molar-refractivity contribution is 0.369. The molecular formula is C17H9BrCl2N4O2. The van der Waals surface area contributed by atoms with E-state index in [0.29, 0.717) is 26.8 Å². The molecule has 0 saturated carbocycles. The molecule has 0 unspecified atom stereocenters. The van der Waals surface area contributed by atoms with Crippen molar-refractivity contribution in [3.8, 4) is 11.4 Å². The Balaban J connectivity index is 1.70. The molecule has 0 aliphatic carbocycles. The van der Waals surface area contributed by atoms with Crippen LogP contribution in [0.5, 0.6) is 0 Å². The molecule has 0 aliphatic heterocycles. The third kappa shape index (κ3) is 3.25. The molecule has 9 heteroatoms. The topological polar surface area (TPSA) is 73.8 Å². The molecular weight excluding hydrogens is 443 g/mol. The second-order valence-electron chi connectivity index (χ2n) is 5.48. The molecule has 4 rings (SSSR count). The van der Waals surface area contributed by atoms with E-state index in [-0.39, 0.29) is 18.0 Å². The molecule has 26 heavy (non-hydrogen) atoms. The molecule has 0 saturated heterocycles. The van der Waals surface area contributed by atoms with E-state index >= 15 is 0 Å². The maximum Gasteiger partial charge on any atom is 0.261 e. The van der Waals surface area contributed by atoms with Crippen molar-refractivity contribution >= 4 is 50.0 Å². The van der Waals surface area contributed by atoms with E-state index < -0.39 is 0 Å². The highest BCUT2D eigenvalue weighted by molar-refractivity contribution is 9.10. The number of fused-ring (bicyclic) bond motifs is 1. The Morgan fingerprint density at radius 3 is 2.85 bits per heavy atom. The van der Waals surface area contributed by atoms with Gasteiger partial charge in [-0.15, -0.1) is 0 Å². The first kappa shape index (κ1) is 17.2. The van der Waals surface area contributed by atoms with Crippen LogP contribution in [0.25, 0.3) is 22.3 Å². The van der Waals surface area contributed by atoms with Crippen LogP contribution in [0.15, 0.2) is 56.5 Å². The summed E-state index contributed by atoms with van der Waals surface area (Å²) in [6.45, 7) is 0.0902. The largest absolute Gasteiger partial charge is 0.337 e. The molecule has 0 radical (unpaired) electrons. The first-order valence-corrected chi connectivity index (χ1v) is 8.99. The highest BCUT2D eigenvalue weighted by Gasteiger charge is 2.13. The minimum atomic E-state index is -0.290. The number of hydrogen-bond acceptors (Lipinski definition) is 5. The number of hydrogen-bond donors (Lipinski definition) is 0. The summed E-state index contributed by atoms with van der Waals surface area (Å²) >= 11 is 15.5. The second-order valence-corrected chi connectivity index (χ2v) is 7.24. The van der Waals surface area contributed by atoms with Gasteiger partial charge in [-0.05, 0) is 24.3 Å². The Hall–Kier alpha value is -2.22. The van der Waals surface area contributed by atoms with Crippen molar-refractivity contribution in [3.63, 3.8) is 0 Å². The van der Waals surface area contributed by atoms with Crippen LogP contribution in [0.3, 0.4) is 0 Å². The van der Waals surface area contributed by atoms with E-state index in [0.717, 1.165) is 10.0 Å². The van der Waals surface area contributed by atoms with E-state index in [2.05, 4.69) is 31.1 Å². The van der Waals surface area contributed by atoms with Crippen molar-refractivity contribution in [1.82, 2.24) is 19.7 Å². The fourth-order valence-electron chi connectivity index (χ4n) is 2.52. The van der Waals surface area contributed by atoms with Crippen LogP contribution in [0.1, 0.15) is 5.89 Å². The molecule has 0 atom stereocenters. The average Bonchev–Trinajstić information content (AvgIpc) is 3.06. The van der Waals surface area contributed by atoms with Crippen LogP contribution in [-0.2, 0) is 6.54 Å². The molecule has 0 N–H and O–H groups in total. The molecule has 6 nitrogen and oxygen atoms in total. The Morgan fingerprint density at radius 1 is 1.19 bits per heavy atom. The van der Waals surface area contributed by atoms with Crippen molar-refractivity contribution in [3.05, 3.63) is 73.5 Å². The average molecular weight is 452 g/mol. The summed E-state index contributed by atoms with van der Waals surface area (Å²) in [5, 5.41) is 4.98. The number of rotatable bonds is 3. The van der Waals surface area contributed by atoms with E-state index in [4.69, 9.17) is 27.7 Å². The van der Waals surface area contributed by atoms with Gasteiger partial charge >= 0.3 is 0 Å². The highest BCUT2D eigenvalue weighted by Crippen LogP contribution is 2.24. The molecule has 4 aromatic rings. The first-order chi connectivity index (χ1) is 12.5. The predicted octanol–water partition coefficient (Wildman–Crippen LogP) is 4.56. The number of aromatic nitrogens is 4. The molecule has 2 aromatic heterocycles. The standard InChI is InChI=1S/C17H9BrCl2N4O2/c18-10-3-1-2-9(4-10)16-22-14(26-23-16)7-24-8-21-15-12(17(24)25)5-11(19)6-13(15)20/h1-6,8H,7H2. The summed E-state index contributed by atoms with van der Waals surface area (Å²) in [6, 6.07) is 10.6. The lowest BCUT2D eigenvalue weighted by Gasteiger charge is -2.05. The van der Waals surface area contributed by atoms with Crippen LogP contribution in [0.4, 0.5) is 0 Å². The van der Waals surface area contributed by atoms with Gasteiger partial charge in [-0.3, -0.25) is 9.36 Å². The zero-order valence-corrected chi connectivity index (χ0v) is 16.1. The minimum absolute atomic E-state index is 0.0902. The van der Waals surface area contributed by atoms with Gasteiger partial charge in [-0.2, -0.15) is 4.98 Å². The van der Waals surface area contributed by atoms with Crippen LogP contribution in [-0.4, -0.2) is 19.7 Å². The number of benzene rings is 2. The summed E-state index contributed by atoms with van der Waals surface area (Å²) in [7, 11) is 0. The maximum atomic E-state index is 12.7. The maximum absolute atomic E-state index is 12.7. The van der Waals surface area contributed by atoms with Gasteiger partial charge in [-0.25, -0.2) is 4.98 Å². The van der Waals surface area contributed by atoms with Crippen molar-refractivity contribution in [2.75, 3.05) is 0 Å². The summed E-state index contributed by atoms with van der Waals surface area (Å²) in [5.74, 6) is 0.727. The second kappa shape index (κ2) is 6.83. The molecule has 130 valence electrons. The Bertz CT molecular complexity index is 1190. The lowest BCUT2D eigenvalue weighted by Crippen LogP contribution is -2.21. The van der Waals surface area contributed by atoms with Crippen LogP contribution in [0.2, 0.25) is 10.0 Å². The van der Waals surface area contributed by atoms with Gasteiger partial charge < -0.3 is 4.52 Å². The van der Waals surface area contributed by atoms with Crippen molar-refractivity contribution in [2.24, 2.45) is 0 Å². The van der Waals surface area contributed by atoms with E-state index in [1.54, 1.807) is 6.07 Å². The third-order valence-electron chi connectivity index (χ3n) is 3.70. The smallest absolute Gasteiger partial charge is 0.261 e. The predicted molar refractivity (Wildman–Crippen MR) is 103 cm³/mol. The molecule has 0 spiro atoms. The highest BCUT2D eigenvalue weighted by atomic mass is 79.9. The Labute approximate surface area is 165 Å². The summed E-state index contributed by atoms with van der Waals surface area (Å²) < 4.78 is 7.54. The van der Waals surface area contributed by atoms with Crippen molar-refractivity contribution < 1.29 is 4.52 Å². The van der Waals surface area contributed by atoms with Crippen LogP contribution >= 0.6 is 39.1 Å². The van der Waals surface area contributed by atoms with Crippen LogP contribution < -0.4 is 5.56 Å². The van der Waals surface area contributed by atoms with E-state index in [9.17, 15) is 4.79 Å². The van der Waals surface area contributed by atoms with Crippen molar-refractivity contribution in [1.29, 1.82) is 0 Å². The summed E-state index contributed by atoms with van der Waals surface area (Å²) in [4.78, 5) is 21.2. The summed E-state index contributed by atoms with van der Waals surface area (Å²) in [6.07, 6.45) is 1.40. The number of halogens is 3. The summed E-state index contributed by atoms with van der Waals surface area (Å²) in [5.41, 5.74) is 0.913. The Kier molecular flexibility index (Phi) is 4.52. The molecule has 0 bridgehead atoms. The van der Waals surface area contributed by atoms with Gasteiger partial charge in [0, 0.05) is 15.1 Å². The Morgan fingerprint density at radius 2 is 2.04 bits per heavy atom. The molecule has 0 aliphatic rings. The van der Waals surface area contributed by atoms with Gasteiger partial charge in [0.05, 0.1) is 22.3 Å². The normalized spacial score (nSPS) is 11.2. The molecule has 2 heterocycles. The van der Waals surface area contributed by atoms with Gasteiger partial charge in [-0.1, -0.05) is 56.4 Å².